The van der Waals surface area contributed by atoms with Gasteiger partial charge >= 0.3 is 0 Å². The van der Waals surface area contributed by atoms with Crippen LogP contribution in [0, 0.1) is 33.5 Å². The van der Waals surface area contributed by atoms with Crippen LogP contribution in [0.2, 0.25) is 0 Å². The molecule has 2 aromatic carbocycles. The molecule has 6 heteroatoms. The van der Waals surface area contributed by atoms with E-state index in [4.69, 9.17) is 0 Å². The summed E-state index contributed by atoms with van der Waals surface area (Å²) in [4.78, 5) is 28.7. The van der Waals surface area contributed by atoms with Gasteiger partial charge in [-0.2, -0.15) is 0 Å². The lowest BCUT2D eigenvalue weighted by Gasteiger charge is -2.43. The highest BCUT2D eigenvalue weighted by molar-refractivity contribution is 5.87. The van der Waals surface area contributed by atoms with E-state index in [0.717, 1.165) is 24.0 Å². The van der Waals surface area contributed by atoms with Crippen molar-refractivity contribution in [1.82, 2.24) is 10.6 Å². The lowest BCUT2D eigenvalue weighted by molar-refractivity contribution is -0.147. The summed E-state index contributed by atoms with van der Waals surface area (Å²) in [5.74, 6) is 0.339. The normalized spacial score (nSPS) is 36.2. The summed E-state index contributed by atoms with van der Waals surface area (Å²) in [6.07, 6.45) is 3.10. The van der Waals surface area contributed by atoms with Crippen molar-refractivity contribution in [3.63, 3.8) is 0 Å². The number of benzene rings is 2. The Bertz CT molecular complexity index is 1180. The second kappa shape index (κ2) is 9.42. The van der Waals surface area contributed by atoms with Crippen molar-refractivity contribution < 1.29 is 19.8 Å². The molecule has 40 heavy (non-hydrogen) atoms. The molecule has 0 saturated heterocycles. The molecule has 4 saturated carbocycles. The Kier molecular flexibility index (Phi) is 6.47. The standard InChI is InChI=1S/C34H44N2O4/c1-31(2)23-15-17-33(31,25(37)19-23)29(39)35-27(21-11-7-5-8-12-21)28(22-13-9-6-10-14-22)36-30(40)34-18-16-24(20-26(34)38)32(34,3)4/h5-14,23-28,37-38H,15-20H2,1-4H3,(H,35,39)(H,36,40)/t23-,24-,25+,26+,27+,28+,33-,34-/m0/s1. The van der Waals surface area contributed by atoms with Crippen molar-refractivity contribution in [3.8, 4) is 0 Å². The average Bonchev–Trinajstić information content (AvgIpc) is 3.50. The molecule has 214 valence electrons. The second-order valence-corrected chi connectivity index (χ2v) is 14.1. The average molecular weight is 545 g/mol. The van der Waals surface area contributed by atoms with E-state index in [0.29, 0.717) is 37.5 Å². The van der Waals surface area contributed by atoms with E-state index in [-0.39, 0.29) is 22.6 Å². The van der Waals surface area contributed by atoms with Crippen LogP contribution < -0.4 is 10.6 Å². The van der Waals surface area contributed by atoms with Gasteiger partial charge < -0.3 is 20.8 Å². The molecule has 0 unspecified atom stereocenters. The Morgan fingerprint density at radius 2 is 1.02 bits per heavy atom. The maximum Gasteiger partial charge on any atom is 0.229 e. The Morgan fingerprint density at radius 1 is 0.675 bits per heavy atom. The van der Waals surface area contributed by atoms with Crippen molar-refractivity contribution in [2.75, 3.05) is 0 Å². The molecule has 0 spiro atoms. The van der Waals surface area contributed by atoms with Crippen LogP contribution in [0.15, 0.2) is 60.7 Å². The number of aliphatic hydroxyl groups is 2. The Hall–Kier alpha value is -2.70. The van der Waals surface area contributed by atoms with Gasteiger partial charge in [0.15, 0.2) is 0 Å². The molecule has 2 amide bonds. The summed E-state index contributed by atoms with van der Waals surface area (Å²) in [6, 6.07) is 18.5. The van der Waals surface area contributed by atoms with Crippen LogP contribution in [0.5, 0.6) is 0 Å². The molecule has 0 aliphatic heterocycles. The lowest BCUT2D eigenvalue weighted by Crippen LogP contribution is -2.56. The fourth-order valence-corrected chi connectivity index (χ4v) is 9.55. The van der Waals surface area contributed by atoms with Gasteiger partial charge in [-0.05, 0) is 72.3 Å². The first-order valence-corrected chi connectivity index (χ1v) is 15.0. The third kappa shape index (κ3) is 3.61. The highest BCUT2D eigenvalue weighted by atomic mass is 16.3. The summed E-state index contributed by atoms with van der Waals surface area (Å²) >= 11 is 0. The summed E-state index contributed by atoms with van der Waals surface area (Å²) in [6.45, 7) is 8.47. The number of hydrogen-bond donors (Lipinski definition) is 4. The van der Waals surface area contributed by atoms with Gasteiger partial charge in [0.05, 0.1) is 35.1 Å². The van der Waals surface area contributed by atoms with Crippen molar-refractivity contribution in [3.05, 3.63) is 71.8 Å². The van der Waals surface area contributed by atoms with E-state index in [1.807, 2.05) is 60.7 Å². The number of carbonyl (C=O) groups excluding carboxylic acids is 2. The molecular formula is C34H44N2O4. The van der Waals surface area contributed by atoms with E-state index in [9.17, 15) is 19.8 Å². The Morgan fingerprint density at radius 3 is 1.30 bits per heavy atom. The van der Waals surface area contributed by atoms with Crippen LogP contribution in [0.1, 0.15) is 89.4 Å². The molecule has 4 N–H and O–H groups in total. The molecule has 0 radical (unpaired) electrons. The van der Waals surface area contributed by atoms with Gasteiger partial charge in [0, 0.05) is 0 Å². The molecule has 4 bridgehead atoms. The van der Waals surface area contributed by atoms with Gasteiger partial charge in [0.25, 0.3) is 0 Å². The predicted octanol–water partition coefficient (Wildman–Crippen LogP) is 5.08. The minimum absolute atomic E-state index is 0.144. The van der Waals surface area contributed by atoms with Crippen molar-refractivity contribution in [2.45, 2.75) is 90.5 Å². The zero-order chi connectivity index (χ0) is 28.5. The van der Waals surface area contributed by atoms with E-state index in [2.05, 4.69) is 38.3 Å². The molecule has 4 fully saturated rings. The molecular weight excluding hydrogens is 500 g/mol. The summed E-state index contributed by atoms with van der Waals surface area (Å²) < 4.78 is 0. The third-order valence-corrected chi connectivity index (χ3v) is 12.3. The molecule has 0 heterocycles. The fraction of sp³-hybridized carbons (Fsp3) is 0.588. The largest absolute Gasteiger partial charge is 0.392 e. The third-order valence-electron chi connectivity index (χ3n) is 12.3. The zero-order valence-electron chi connectivity index (χ0n) is 24.2. The molecule has 4 aliphatic rings. The van der Waals surface area contributed by atoms with Crippen LogP contribution in [0.25, 0.3) is 0 Å². The summed E-state index contributed by atoms with van der Waals surface area (Å²) in [7, 11) is 0. The number of aliphatic hydroxyl groups excluding tert-OH is 2. The maximum atomic E-state index is 14.4. The number of hydrogen-bond acceptors (Lipinski definition) is 4. The Balaban J connectivity index is 1.40. The quantitative estimate of drug-likeness (QED) is 0.391. The zero-order valence-corrected chi connectivity index (χ0v) is 24.2. The molecule has 8 atom stereocenters. The van der Waals surface area contributed by atoms with E-state index >= 15 is 0 Å². The van der Waals surface area contributed by atoms with Gasteiger partial charge in [-0.25, -0.2) is 0 Å². The number of carbonyl (C=O) groups is 2. The Labute approximate surface area is 238 Å². The number of nitrogens with one attached hydrogen (secondary N) is 2. The summed E-state index contributed by atoms with van der Waals surface area (Å²) in [5, 5.41) is 29.1. The maximum absolute atomic E-state index is 14.4. The SMILES string of the molecule is CC1(C)[C@H]2CC[C@@]1(C(=O)N[C@H](c1ccccc1)[C@H](NC(=O)[C@]13CC[C@@H](C[C@H]1O)C3(C)C)c1ccccc1)[C@H](O)C2. The van der Waals surface area contributed by atoms with Crippen molar-refractivity contribution in [1.29, 1.82) is 0 Å². The molecule has 2 aromatic rings. The molecule has 0 aromatic heterocycles. The highest BCUT2D eigenvalue weighted by Crippen LogP contribution is 2.67. The fourth-order valence-electron chi connectivity index (χ4n) is 9.55. The minimum atomic E-state index is -0.864. The second-order valence-electron chi connectivity index (χ2n) is 14.1. The van der Waals surface area contributed by atoms with Gasteiger partial charge in [0.2, 0.25) is 11.8 Å². The van der Waals surface area contributed by atoms with Gasteiger partial charge in [-0.15, -0.1) is 0 Å². The topological polar surface area (TPSA) is 98.7 Å². The molecule has 6 nitrogen and oxygen atoms in total. The lowest BCUT2D eigenvalue weighted by atomic mass is 9.67. The van der Waals surface area contributed by atoms with Crippen molar-refractivity contribution >= 4 is 11.8 Å². The molecule has 6 rings (SSSR count). The first-order chi connectivity index (χ1) is 19.0. The number of rotatable bonds is 7. The highest BCUT2D eigenvalue weighted by Gasteiger charge is 2.69. The predicted molar refractivity (Wildman–Crippen MR) is 154 cm³/mol. The van der Waals surface area contributed by atoms with Crippen LogP contribution >= 0.6 is 0 Å². The monoisotopic (exact) mass is 544 g/mol. The smallest absolute Gasteiger partial charge is 0.229 e. The minimum Gasteiger partial charge on any atom is -0.392 e. The van der Waals surface area contributed by atoms with E-state index < -0.39 is 35.1 Å². The van der Waals surface area contributed by atoms with Crippen LogP contribution in [-0.4, -0.2) is 34.2 Å². The number of fused-ring (bicyclic) bond motifs is 4. The summed E-state index contributed by atoms with van der Waals surface area (Å²) in [5.41, 5.74) is -0.602. The number of amides is 2. The van der Waals surface area contributed by atoms with Gasteiger partial charge in [-0.3, -0.25) is 9.59 Å². The first kappa shape index (κ1) is 27.5. The van der Waals surface area contributed by atoms with Crippen LogP contribution in [0.3, 0.4) is 0 Å². The van der Waals surface area contributed by atoms with E-state index in [1.165, 1.54) is 0 Å². The molecule has 4 aliphatic carbocycles. The van der Waals surface area contributed by atoms with Crippen LogP contribution in [0.4, 0.5) is 0 Å². The first-order valence-electron chi connectivity index (χ1n) is 15.0. The van der Waals surface area contributed by atoms with Gasteiger partial charge in [-0.1, -0.05) is 88.4 Å². The van der Waals surface area contributed by atoms with Crippen molar-refractivity contribution in [2.24, 2.45) is 33.5 Å². The van der Waals surface area contributed by atoms with Crippen LogP contribution in [-0.2, 0) is 9.59 Å². The van der Waals surface area contributed by atoms with Gasteiger partial charge in [0.1, 0.15) is 0 Å². The van der Waals surface area contributed by atoms with E-state index in [1.54, 1.807) is 0 Å².